The minimum absolute atomic E-state index is 0.263. The summed E-state index contributed by atoms with van der Waals surface area (Å²) in [5.74, 6) is 0.425. The molecular formula is C14H18N4O2. The number of rotatable bonds is 4. The minimum Gasteiger partial charge on any atom is -0.391 e. The summed E-state index contributed by atoms with van der Waals surface area (Å²) >= 11 is 0. The average Bonchev–Trinajstić information content (AvgIpc) is 2.92. The Bertz CT molecular complexity index is 574. The first-order valence-electron chi connectivity index (χ1n) is 6.35. The Labute approximate surface area is 117 Å². The lowest BCUT2D eigenvalue weighted by Gasteiger charge is -2.29. The number of carbonyl (C=O) groups excluding carboxylic acids is 1. The summed E-state index contributed by atoms with van der Waals surface area (Å²) in [6, 6.07) is 3.43. The van der Waals surface area contributed by atoms with E-state index in [4.69, 9.17) is 0 Å². The highest BCUT2D eigenvalue weighted by molar-refractivity contribution is 5.94. The summed E-state index contributed by atoms with van der Waals surface area (Å²) in [5.41, 5.74) is -0.247. The van der Waals surface area contributed by atoms with Crippen LogP contribution in [0.2, 0.25) is 0 Å². The fourth-order valence-corrected chi connectivity index (χ4v) is 1.54. The number of amides is 1. The van der Waals surface area contributed by atoms with Gasteiger partial charge in [0.1, 0.15) is 12.1 Å². The summed E-state index contributed by atoms with van der Waals surface area (Å²) in [5, 5.41) is 12.4. The van der Waals surface area contributed by atoms with Crippen molar-refractivity contribution < 1.29 is 9.90 Å². The van der Waals surface area contributed by atoms with Crippen molar-refractivity contribution in [1.29, 1.82) is 0 Å². The molecule has 106 valence electrons. The first-order chi connectivity index (χ1) is 9.40. The highest BCUT2D eigenvalue weighted by Crippen LogP contribution is 2.11. The number of aromatic nitrogens is 3. The Balaban J connectivity index is 2.12. The molecule has 2 N–H and O–H groups in total. The Morgan fingerprint density at radius 3 is 2.70 bits per heavy atom. The zero-order chi connectivity index (χ0) is 14.8. The number of imidazole rings is 1. The molecule has 2 heterocycles. The molecule has 2 aromatic heterocycles. The van der Waals surface area contributed by atoms with Crippen molar-refractivity contribution >= 4 is 5.91 Å². The third-order valence-electron chi connectivity index (χ3n) is 3.26. The molecule has 0 saturated heterocycles. The fraction of sp³-hybridized carbons (Fsp3) is 0.357. The molecule has 0 aliphatic heterocycles. The van der Waals surface area contributed by atoms with Gasteiger partial charge >= 0.3 is 0 Å². The lowest BCUT2D eigenvalue weighted by Crippen LogP contribution is -2.51. The molecule has 0 aliphatic carbocycles. The number of hydrogen-bond acceptors (Lipinski definition) is 4. The highest BCUT2D eigenvalue weighted by Gasteiger charge is 2.26. The molecule has 0 radical (unpaired) electrons. The van der Waals surface area contributed by atoms with Crippen LogP contribution in [0.25, 0.3) is 5.82 Å². The zero-order valence-corrected chi connectivity index (χ0v) is 11.7. The van der Waals surface area contributed by atoms with E-state index in [1.807, 2.05) is 0 Å². The monoisotopic (exact) mass is 274 g/mol. The summed E-state index contributed by atoms with van der Waals surface area (Å²) in [4.78, 5) is 20.2. The van der Waals surface area contributed by atoms with Gasteiger partial charge in [-0.2, -0.15) is 0 Å². The molecule has 1 amide bonds. The van der Waals surface area contributed by atoms with E-state index in [0.717, 1.165) is 0 Å². The fourth-order valence-electron chi connectivity index (χ4n) is 1.54. The van der Waals surface area contributed by atoms with Gasteiger partial charge in [-0.25, -0.2) is 9.97 Å². The van der Waals surface area contributed by atoms with Crippen LogP contribution in [-0.2, 0) is 0 Å². The standard InChI is InChI=1S/C14H18N4O2/c1-10(19)14(2,3)17-13(20)11-4-5-12(16-8-11)18-7-6-15-9-18/h4-10,19H,1-3H3,(H,17,20). The third kappa shape index (κ3) is 3.03. The van der Waals surface area contributed by atoms with Gasteiger partial charge < -0.3 is 10.4 Å². The van der Waals surface area contributed by atoms with Crippen LogP contribution in [0.1, 0.15) is 31.1 Å². The summed E-state index contributed by atoms with van der Waals surface area (Å²) in [6.07, 6.45) is 5.93. The van der Waals surface area contributed by atoms with E-state index in [9.17, 15) is 9.90 Å². The SMILES string of the molecule is CC(O)C(C)(C)NC(=O)c1ccc(-n2ccnc2)nc1. The number of pyridine rings is 1. The van der Waals surface area contributed by atoms with Gasteiger partial charge in [0.15, 0.2) is 0 Å². The van der Waals surface area contributed by atoms with E-state index in [2.05, 4.69) is 15.3 Å². The van der Waals surface area contributed by atoms with Crippen molar-refractivity contribution in [1.82, 2.24) is 19.9 Å². The van der Waals surface area contributed by atoms with Gasteiger partial charge in [0.05, 0.1) is 17.2 Å². The molecule has 0 aliphatic rings. The number of hydrogen-bond donors (Lipinski definition) is 2. The maximum absolute atomic E-state index is 12.1. The van der Waals surface area contributed by atoms with Crippen LogP contribution in [0.15, 0.2) is 37.1 Å². The Hall–Kier alpha value is -2.21. The summed E-state index contributed by atoms with van der Waals surface area (Å²) in [6.45, 7) is 5.17. The highest BCUT2D eigenvalue weighted by atomic mass is 16.3. The van der Waals surface area contributed by atoms with Gasteiger partial charge in [0.2, 0.25) is 0 Å². The van der Waals surface area contributed by atoms with Gasteiger partial charge in [-0.3, -0.25) is 9.36 Å². The van der Waals surface area contributed by atoms with Crippen LogP contribution < -0.4 is 5.32 Å². The van der Waals surface area contributed by atoms with Gasteiger partial charge in [-0.15, -0.1) is 0 Å². The predicted octanol–water partition coefficient (Wildman–Crippen LogP) is 1.16. The molecular weight excluding hydrogens is 256 g/mol. The Morgan fingerprint density at radius 1 is 1.45 bits per heavy atom. The molecule has 0 bridgehead atoms. The maximum Gasteiger partial charge on any atom is 0.253 e. The normalized spacial score (nSPS) is 13.0. The minimum atomic E-state index is -0.694. The van der Waals surface area contributed by atoms with Crippen LogP contribution >= 0.6 is 0 Å². The second-order valence-corrected chi connectivity index (χ2v) is 5.23. The maximum atomic E-state index is 12.1. The van der Waals surface area contributed by atoms with E-state index in [1.54, 1.807) is 56.2 Å². The first-order valence-corrected chi connectivity index (χ1v) is 6.35. The Morgan fingerprint density at radius 2 is 2.20 bits per heavy atom. The molecule has 0 fully saturated rings. The van der Waals surface area contributed by atoms with E-state index >= 15 is 0 Å². The van der Waals surface area contributed by atoms with Gasteiger partial charge in [0.25, 0.3) is 5.91 Å². The molecule has 2 aromatic rings. The number of carbonyl (C=O) groups is 1. The smallest absolute Gasteiger partial charge is 0.253 e. The van der Waals surface area contributed by atoms with E-state index in [0.29, 0.717) is 11.4 Å². The molecule has 0 aromatic carbocycles. The van der Waals surface area contributed by atoms with Crippen molar-refractivity contribution in [2.75, 3.05) is 0 Å². The van der Waals surface area contributed by atoms with Crippen molar-refractivity contribution in [2.45, 2.75) is 32.4 Å². The van der Waals surface area contributed by atoms with E-state index in [-0.39, 0.29) is 5.91 Å². The first kappa shape index (κ1) is 14.2. The topological polar surface area (TPSA) is 80.0 Å². The summed E-state index contributed by atoms with van der Waals surface area (Å²) < 4.78 is 1.75. The van der Waals surface area contributed by atoms with Gasteiger partial charge in [0, 0.05) is 18.6 Å². The Kier molecular flexibility index (Phi) is 3.85. The van der Waals surface area contributed by atoms with Crippen LogP contribution in [0.4, 0.5) is 0 Å². The largest absolute Gasteiger partial charge is 0.391 e. The van der Waals surface area contributed by atoms with Crippen LogP contribution in [0.3, 0.4) is 0 Å². The molecule has 2 rings (SSSR count). The van der Waals surface area contributed by atoms with Crippen molar-refractivity contribution in [2.24, 2.45) is 0 Å². The summed E-state index contributed by atoms with van der Waals surface area (Å²) in [7, 11) is 0. The predicted molar refractivity (Wildman–Crippen MR) is 74.6 cm³/mol. The molecule has 1 atom stereocenters. The van der Waals surface area contributed by atoms with Crippen LogP contribution in [0.5, 0.6) is 0 Å². The van der Waals surface area contributed by atoms with Crippen LogP contribution in [0, 0.1) is 0 Å². The van der Waals surface area contributed by atoms with Crippen molar-refractivity contribution in [3.05, 3.63) is 42.6 Å². The number of nitrogens with one attached hydrogen (secondary N) is 1. The van der Waals surface area contributed by atoms with Gasteiger partial charge in [-0.05, 0) is 32.9 Å². The number of nitrogens with zero attached hydrogens (tertiary/aromatic N) is 3. The molecule has 20 heavy (non-hydrogen) atoms. The third-order valence-corrected chi connectivity index (χ3v) is 3.26. The number of aliphatic hydroxyl groups is 1. The van der Waals surface area contributed by atoms with E-state index in [1.165, 1.54) is 6.20 Å². The lowest BCUT2D eigenvalue weighted by molar-refractivity contribution is 0.0709. The molecule has 6 nitrogen and oxygen atoms in total. The van der Waals surface area contributed by atoms with E-state index < -0.39 is 11.6 Å². The second kappa shape index (κ2) is 5.42. The molecule has 1 unspecified atom stereocenters. The van der Waals surface area contributed by atoms with Crippen molar-refractivity contribution in [3.8, 4) is 5.82 Å². The molecule has 0 spiro atoms. The second-order valence-electron chi connectivity index (χ2n) is 5.23. The van der Waals surface area contributed by atoms with Gasteiger partial charge in [-0.1, -0.05) is 0 Å². The van der Waals surface area contributed by atoms with Crippen molar-refractivity contribution in [3.63, 3.8) is 0 Å². The lowest BCUT2D eigenvalue weighted by atomic mass is 9.98. The van der Waals surface area contributed by atoms with Crippen LogP contribution in [-0.4, -0.2) is 37.2 Å². The zero-order valence-electron chi connectivity index (χ0n) is 11.7. The molecule has 6 heteroatoms. The number of aliphatic hydroxyl groups excluding tert-OH is 1. The average molecular weight is 274 g/mol. The quantitative estimate of drug-likeness (QED) is 0.876. The molecule has 0 saturated carbocycles.